The number of nitrogens with one attached hydrogen (secondary N) is 1. The quantitative estimate of drug-likeness (QED) is 0.704. The number of aliphatic hydroxyl groups excluding tert-OH is 1. The lowest BCUT2D eigenvalue weighted by molar-refractivity contribution is 0.242. The van der Waals surface area contributed by atoms with Gasteiger partial charge in [-0.2, -0.15) is 0 Å². The molecule has 1 atom stereocenters. The van der Waals surface area contributed by atoms with Crippen molar-refractivity contribution in [2.24, 2.45) is 0 Å². The Kier molecular flexibility index (Phi) is 7.07. The van der Waals surface area contributed by atoms with Crippen LogP contribution in [-0.2, 0) is 0 Å². The van der Waals surface area contributed by atoms with Crippen LogP contribution < -0.4 is 5.32 Å². The predicted octanol–water partition coefficient (Wildman–Crippen LogP) is 1.67. The molecule has 0 bridgehead atoms. The van der Waals surface area contributed by atoms with Crippen LogP contribution in [0, 0.1) is 0 Å². The standard InChI is InChI=1S/C7H13Cl2NO/c1-2-7(5-11)10-4-6(9)3-8/h3,7,10-11H,2,4-5H2,1H3. The van der Waals surface area contributed by atoms with Crippen molar-refractivity contribution in [1.29, 1.82) is 0 Å². The molecule has 0 aromatic carbocycles. The van der Waals surface area contributed by atoms with Crippen LogP contribution in [0.2, 0.25) is 0 Å². The normalized spacial score (nSPS) is 15.1. The molecule has 2 nitrogen and oxygen atoms in total. The second-order valence-corrected chi connectivity index (χ2v) is 2.93. The van der Waals surface area contributed by atoms with Gasteiger partial charge in [-0.1, -0.05) is 30.1 Å². The third kappa shape index (κ3) is 5.50. The molecule has 1 unspecified atom stereocenters. The maximum absolute atomic E-state index is 8.75. The molecule has 0 aliphatic carbocycles. The third-order valence-electron chi connectivity index (χ3n) is 1.39. The van der Waals surface area contributed by atoms with E-state index in [1.54, 1.807) is 0 Å². The SMILES string of the molecule is CCC(CO)NCC(Cl)=CCl. The van der Waals surface area contributed by atoms with Crippen molar-refractivity contribution in [3.05, 3.63) is 10.6 Å². The van der Waals surface area contributed by atoms with Crippen LogP contribution in [0.15, 0.2) is 10.6 Å². The highest BCUT2D eigenvalue weighted by atomic mass is 35.5. The zero-order chi connectivity index (χ0) is 8.69. The van der Waals surface area contributed by atoms with Gasteiger partial charge < -0.3 is 10.4 Å². The van der Waals surface area contributed by atoms with Crippen LogP contribution in [0.25, 0.3) is 0 Å². The summed E-state index contributed by atoms with van der Waals surface area (Å²) in [4.78, 5) is 0. The van der Waals surface area contributed by atoms with Gasteiger partial charge in [0.15, 0.2) is 0 Å². The van der Waals surface area contributed by atoms with E-state index in [1.165, 1.54) is 5.54 Å². The summed E-state index contributed by atoms with van der Waals surface area (Å²) in [7, 11) is 0. The van der Waals surface area contributed by atoms with E-state index >= 15 is 0 Å². The van der Waals surface area contributed by atoms with Gasteiger partial charge in [-0.3, -0.25) is 0 Å². The molecule has 0 heterocycles. The van der Waals surface area contributed by atoms with E-state index in [0.717, 1.165) is 6.42 Å². The number of halogens is 2. The third-order valence-corrected chi connectivity index (χ3v) is 2.01. The Morgan fingerprint density at radius 2 is 2.36 bits per heavy atom. The lowest BCUT2D eigenvalue weighted by atomic mass is 10.2. The molecular formula is C7H13Cl2NO. The highest BCUT2D eigenvalue weighted by molar-refractivity contribution is 6.36. The second-order valence-electron chi connectivity index (χ2n) is 2.22. The largest absolute Gasteiger partial charge is 0.395 e. The van der Waals surface area contributed by atoms with E-state index in [4.69, 9.17) is 28.3 Å². The van der Waals surface area contributed by atoms with Gasteiger partial charge in [-0.05, 0) is 6.42 Å². The molecule has 66 valence electrons. The van der Waals surface area contributed by atoms with Gasteiger partial charge in [0, 0.05) is 23.2 Å². The fourth-order valence-electron chi connectivity index (χ4n) is 0.618. The summed E-state index contributed by atoms with van der Waals surface area (Å²) in [5, 5.41) is 12.3. The number of hydrogen-bond acceptors (Lipinski definition) is 2. The van der Waals surface area contributed by atoms with Crippen molar-refractivity contribution < 1.29 is 5.11 Å². The van der Waals surface area contributed by atoms with E-state index in [2.05, 4.69) is 5.32 Å². The fourth-order valence-corrected chi connectivity index (χ4v) is 0.773. The summed E-state index contributed by atoms with van der Waals surface area (Å²) in [5.41, 5.74) is 1.32. The molecule has 0 fully saturated rings. The number of rotatable bonds is 5. The lowest BCUT2D eigenvalue weighted by Crippen LogP contribution is -2.32. The van der Waals surface area contributed by atoms with E-state index in [-0.39, 0.29) is 12.6 Å². The lowest BCUT2D eigenvalue weighted by Gasteiger charge is -2.12. The summed E-state index contributed by atoms with van der Waals surface area (Å²) in [6.07, 6.45) is 0.878. The van der Waals surface area contributed by atoms with Crippen LogP contribution in [0.3, 0.4) is 0 Å². The van der Waals surface area contributed by atoms with Crippen LogP contribution in [0.4, 0.5) is 0 Å². The van der Waals surface area contributed by atoms with Crippen molar-refractivity contribution in [3.63, 3.8) is 0 Å². The highest BCUT2D eigenvalue weighted by Gasteiger charge is 2.02. The van der Waals surface area contributed by atoms with Gasteiger partial charge in [0.1, 0.15) is 0 Å². The van der Waals surface area contributed by atoms with Gasteiger partial charge in [0.25, 0.3) is 0 Å². The molecule has 2 N–H and O–H groups in total. The minimum atomic E-state index is 0.111. The van der Waals surface area contributed by atoms with Crippen LogP contribution >= 0.6 is 23.2 Å². The summed E-state index contributed by atoms with van der Waals surface area (Å²) >= 11 is 10.9. The molecule has 0 amide bonds. The van der Waals surface area contributed by atoms with Crippen LogP contribution in [0.5, 0.6) is 0 Å². The van der Waals surface area contributed by atoms with E-state index in [1.807, 2.05) is 6.92 Å². The summed E-state index contributed by atoms with van der Waals surface area (Å²) in [6.45, 7) is 2.64. The first-order valence-corrected chi connectivity index (χ1v) is 4.35. The number of hydrogen-bond donors (Lipinski definition) is 2. The molecule has 4 heteroatoms. The second kappa shape index (κ2) is 6.92. The maximum Gasteiger partial charge on any atom is 0.0584 e. The van der Waals surface area contributed by atoms with E-state index in [0.29, 0.717) is 11.6 Å². The Bertz CT molecular complexity index is 124. The summed E-state index contributed by atoms with van der Waals surface area (Å²) < 4.78 is 0. The molecule has 11 heavy (non-hydrogen) atoms. The highest BCUT2D eigenvalue weighted by Crippen LogP contribution is 2.01. The molecule has 0 aliphatic heterocycles. The monoisotopic (exact) mass is 197 g/mol. The van der Waals surface area contributed by atoms with E-state index < -0.39 is 0 Å². The van der Waals surface area contributed by atoms with Gasteiger partial charge in [0.2, 0.25) is 0 Å². The van der Waals surface area contributed by atoms with Gasteiger partial charge in [0.05, 0.1) is 6.61 Å². The average molecular weight is 198 g/mol. The minimum absolute atomic E-state index is 0.111. The fraction of sp³-hybridized carbons (Fsp3) is 0.714. The smallest absolute Gasteiger partial charge is 0.0584 e. The Morgan fingerprint density at radius 1 is 1.73 bits per heavy atom. The Labute approximate surface area is 77.2 Å². The zero-order valence-electron chi connectivity index (χ0n) is 6.48. The van der Waals surface area contributed by atoms with Crippen LogP contribution in [-0.4, -0.2) is 24.3 Å². The molecule has 0 aliphatic rings. The predicted molar refractivity (Wildman–Crippen MR) is 49.0 cm³/mol. The summed E-state index contributed by atoms with van der Waals surface area (Å²) in [5.74, 6) is 0. The Balaban J connectivity index is 3.50. The van der Waals surface area contributed by atoms with E-state index in [9.17, 15) is 0 Å². The molecule has 0 aromatic rings. The Morgan fingerprint density at radius 3 is 2.73 bits per heavy atom. The van der Waals surface area contributed by atoms with Gasteiger partial charge in [-0.15, -0.1) is 0 Å². The minimum Gasteiger partial charge on any atom is -0.395 e. The molecular weight excluding hydrogens is 185 g/mol. The first-order chi connectivity index (χ1) is 5.24. The molecule has 0 rings (SSSR count). The Hall–Kier alpha value is 0.240. The zero-order valence-corrected chi connectivity index (χ0v) is 7.99. The molecule has 0 saturated heterocycles. The molecule has 0 aromatic heterocycles. The van der Waals surface area contributed by atoms with Gasteiger partial charge >= 0.3 is 0 Å². The molecule has 0 saturated carbocycles. The van der Waals surface area contributed by atoms with Crippen molar-refractivity contribution in [2.75, 3.05) is 13.2 Å². The van der Waals surface area contributed by atoms with Gasteiger partial charge in [-0.25, -0.2) is 0 Å². The van der Waals surface area contributed by atoms with Crippen molar-refractivity contribution in [3.8, 4) is 0 Å². The van der Waals surface area contributed by atoms with Crippen LogP contribution in [0.1, 0.15) is 13.3 Å². The molecule has 0 radical (unpaired) electrons. The molecule has 0 spiro atoms. The van der Waals surface area contributed by atoms with Crippen molar-refractivity contribution in [2.45, 2.75) is 19.4 Å². The van der Waals surface area contributed by atoms with Crippen molar-refractivity contribution >= 4 is 23.2 Å². The first kappa shape index (κ1) is 11.2. The average Bonchev–Trinajstić information content (AvgIpc) is 2.06. The maximum atomic E-state index is 8.75. The number of aliphatic hydroxyl groups is 1. The van der Waals surface area contributed by atoms with Crippen molar-refractivity contribution in [1.82, 2.24) is 5.32 Å². The first-order valence-electron chi connectivity index (χ1n) is 3.53. The summed E-state index contributed by atoms with van der Waals surface area (Å²) in [6, 6.07) is 0.111. The topological polar surface area (TPSA) is 32.3 Å².